The van der Waals surface area contributed by atoms with Crippen molar-refractivity contribution in [3.8, 4) is 16.9 Å². The van der Waals surface area contributed by atoms with Crippen molar-refractivity contribution >= 4 is 15.7 Å². The third-order valence-corrected chi connectivity index (χ3v) is 8.58. The summed E-state index contributed by atoms with van der Waals surface area (Å²) in [6.45, 7) is 0.247. The summed E-state index contributed by atoms with van der Waals surface area (Å²) in [6, 6.07) is 17.9. The van der Waals surface area contributed by atoms with E-state index in [4.69, 9.17) is 4.74 Å². The minimum Gasteiger partial charge on any atom is -0.495 e. The Morgan fingerprint density at radius 3 is 2.55 bits per heavy atom. The van der Waals surface area contributed by atoms with Crippen molar-refractivity contribution in [1.29, 1.82) is 0 Å². The summed E-state index contributed by atoms with van der Waals surface area (Å²) in [6.07, 6.45) is 0.623. The molecule has 0 aliphatic carbocycles. The van der Waals surface area contributed by atoms with E-state index in [9.17, 15) is 17.9 Å². The summed E-state index contributed by atoms with van der Waals surface area (Å²) in [5, 5.41) is 13.4. The maximum absolute atomic E-state index is 13.8. The number of hydrogen-bond acceptors (Lipinski definition) is 5. The molecular formula is C25H25FN2O4S. The zero-order valence-electron chi connectivity index (χ0n) is 18.1. The molecule has 0 saturated carbocycles. The first-order valence-corrected chi connectivity index (χ1v) is 12.3. The molecule has 0 unspecified atom stereocenters. The Kier molecular flexibility index (Phi) is 5.60. The molecule has 0 bridgehead atoms. The number of methoxy groups -OCH3 is 1. The van der Waals surface area contributed by atoms with E-state index in [2.05, 4.69) is 5.32 Å². The van der Waals surface area contributed by atoms with Crippen LogP contribution in [0.5, 0.6) is 5.75 Å². The number of aliphatic hydroxyl groups excluding tert-OH is 1. The highest BCUT2D eigenvalue weighted by molar-refractivity contribution is 7.89. The number of fused-ring (bicyclic) bond motifs is 3. The van der Waals surface area contributed by atoms with E-state index in [-0.39, 0.29) is 29.3 Å². The number of anilines is 1. The third-order valence-electron chi connectivity index (χ3n) is 6.66. The number of benzene rings is 3. The van der Waals surface area contributed by atoms with Gasteiger partial charge in [0, 0.05) is 18.2 Å². The number of rotatable bonds is 5. The number of nitrogens with one attached hydrogen (secondary N) is 1. The molecule has 1 saturated heterocycles. The first-order chi connectivity index (χ1) is 15.9. The topological polar surface area (TPSA) is 78.9 Å². The molecule has 0 amide bonds. The van der Waals surface area contributed by atoms with Crippen LogP contribution in [0.25, 0.3) is 11.1 Å². The van der Waals surface area contributed by atoms with E-state index < -0.39 is 16.1 Å². The summed E-state index contributed by atoms with van der Waals surface area (Å²) < 4.78 is 47.9. The highest BCUT2D eigenvalue weighted by Gasteiger charge is 2.49. The van der Waals surface area contributed by atoms with Crippen LogP contribution in [-0.2, 0) is 10.0 Å². The number of halogens is 1. The van der Waals surface area contributed by atoms with Gasteiger partial charge in [-0.3, -0.25) is 0 Å². The van der Waals surface area contributed by atoms with Crippen LogP contribution in [0.15, 0.2) is 71.6 Å². The predicted octanol–water partition coefficient (Wildman–Crippen LogP) is 4.04. The molecule has 2 N–H and O–H groups in total. The first-order valence-electron chi connectivity index (χ1n) is 10.9. The molecule has 3 aromatic rings. The van der Waals surface area contributed by atoms with E-state index in [1.807, 2.05) is 18.2 Å². The third kappa shape index (κ3) is 3.68. The molecule has 2 heterocycles. The van der Waals surface area contributed by atoms with Gasteiger partial charge in [-0.1, -0.05) is 30.3 Å². The maximum Gasteiger partial charge on any atom is 0.247 e. The fourth-order valence-corrected chi connectivity index (χ4v) is 6.89. The molecule has 8 heteroatoms. The van der Waals surface area contributed by atoms with Gasteiger partial charge in [0.05, 0.1) is 25.8 Å². The second kappa shape index (κ2) is 8.44. The Labute approximate surface area is 192 Å². The minimum atomic E-state index is -3.86. The van der Waals surface area contributed by atoms with Crippen LogP contribution in [0.1, 0.15) is 18.0 Å². The fourth-order valence-electron chi connectivity index (χ4n) is 5.07. The fraction of sp³-hybridized carbons (Fsp3) is 0.280. The highest BCUT2D eigenvalue weighted by atomic mass is 32.2. The van der Waals surface area contributed by atoms with E-state index in [1.54, 1.807) is 36.4 Å². The Morgan fingerprint density at radius 1 is 1.09 bits per heavy atom. The Balaban J connectivity index is 1.62. The number of sulfonamides is 1. The van der Waals surface area contributed by atoms with Crippen molar-refractivity contribution in [3.63, 3.8) is 0 Å². The Hall–Kier alpha value is -2.94. The summed E-state index contributed by atoms with van der Waals surface area (Å²) >= 11 is 0. The number of ether oxygens (including phenoxy) is 1. The smallest absolute Gasteiger partial charge is 0.247 e. The molecule has 2 aliphatic heterocycles. The lowest BCUT2D eigenvalue weighted by atomic mass is 9.82. The second-order valence-electron chi connectivity index (χ2n) is 8.41. The molecule has 0 spiro atoms. The van der Waals surface area contributed by atoms with Gasteiger partial charge in [0.1, 0.15) is 16.5 Å². The Bertz CT molecular complexity index is 1280. The lowest BCUT2D eigenvalue weighted by Crippen LogP contribution is -2.42. The minimum absolute atomic E-state index is 0.0875. The number of hydrogen-bond donors (Lipinski definition) is 2. The van der Waals surface area contributed by atoms with Crippen LogP contribution in [-0.4, -0.2) is 44.1 Å². The molecule has 6 nitrogen and oxygen atoms in total. The average Bonchev–Trinajstić information content (AvgIpc) is 3.30. The molecule has 1 fully saturated rings. The molecule has 0 aromatic heterocycles. The van der Waals surface area contributed by atoms with Crippen molar-refractivity contribution in [2.24, 2.45) is 5.92 Å². The van der Waals surface area contributed by atoms with E-state index in [0.29, 0.717) is 18.7 Å². The predicted molar refractivity (Wildman–Crippen MR) is 124 cm³/mol. The van der Waals surface area contributed by atoms with Crippen LogP contribution in [0.4, 0.5) is 10.1 Å². The van der Waals surface area contributed by atoms with Gasteiger partial charge in [-0.05, 0) is 59.5 Å². The monoisotopic (exact) mass is 468 g/mol. The van der Waals surface area contributed by atoms with Crippen molar-refractivity contribution in [2.45, 2.75) is 23.4 Å². The average molecular weight is 469 g/mol. The van der Waals surface area contributed by atoms with E-state index in [0.717, 1.165) is 22.4 Å². The maximum atomic E-state index is 13.8. The van der Waals surface area contributed by atoms with Gasteiger partial charge >= 0.3 is 0 Å². The van der Waals surface area contributed by atoms with Crippen LogP contribution in [0.2, 0.25) is 0 Å². The number of nitrogens with zero attached hydrogens (tertiary/aromatic N) is 1. The van der Waals surface area contributed by atoms with Crippen molar-refractivity contribution in [3.05, 3.63) is 78.1 Å². The second-order valence-corrected chi connectivity index (χ2v) is 10.3. The van der Waals surface area contributed by atoms with Gasteiger partial charge in [-0.15, -0.1) is 0 Å². The van der Waals surface area contributed by atoms with Crippen molar-refractivity contribution in [1.82, 2.24) is 4.31 Å². The standard InChI is InChI=1S/C25H25FN2O4S/c1-32-23-4-2-3-5-24(23)33(30,31)28-13-12-19-22(15-29)27-21-11-8-17(14-20(21)25(19)28)16-6-9-18(26)10-7-16/h2-11,14,19,22,25,27,29H,12-13,15H2,1H3/t19-,22-,25-/m1/s1. The van der Waals surface area contributed by atoms with Crippen molar-refractivity contribution < 1.29 is 22.7 Å². The zero-order valence-corrected chi connectivity index (χ0v) is 18.9. The normalized spacial score (nSPS) is 22.3. The SMILES string of the molecule is COc1ccccc1S(=O)(=O)N1CC[C@@H]2[C@@H](CO)Nc3ccc(-c4ccc(F)cc4)cc3[C@@H]21. The summed E-state index contributed by atoms with van der Waals surface area (Å²) in [5.74, 6) is -0.0987. The van der Waals surface area contributed by atoms with Gasteiger partial charge in [-0.2, -0.15) is 4.31 Å². The molecular weight excluding hydrogens is 443 g/mol. The quantitative estimate of drug-likeness (QED) is 0.591. The molecule has 3 aromatic carbocycles. The van der Waals surface area contributed by atoms with Gasteiger partial charge in [0.2, 0.25) is 10.0 Å². The van der Waals surface area contributed by atoms with Crippen LogP contribution < -0.4 is 10.1 Å². The van der Waals surface area contributed by atoms with Gasteiger partial charge in [-0.25, -0.2) is 12.8 Å². The number of para-hydroxylation sites is 1. The first kappa shape index (κ1) is 21.9. The number of aliphatic hydroxyl groups is 1. The van der Waals surface area contributed by atoms with Gasteiger partial charge < -0.3 is 15.2 Å². The van der Waals surface area contributed by atoms with Crippen molar-refractivity contribution in [2.75, 3.05) is 25.6 Å². The molecule has 2 aliphatic rings. The van der Waals surface area contributed by atoms with E-state index in [1.165, 1.54) is 23.5 Å². The van der Waals surface area contributed by atoms with Crippen LogP contribution >= 0.6 is 0 Å². The highest BCUT2D eigenvalue weighted by Crippen LogP contribution is 2.49. The lowest BCUT2D eigenvalue weighted by molar-refractivity contribution is 0.210. The zero-order chi connectivity index (χ0) is 23.2. The molecule has 3 atom stereocenters. The summed E-state index contributed by atoms with van der Waals surface area (Å²) in [7, 11) is -2.40. The van der Waals surface area contributed by atoms with Gasteiger partial charge in [0.15, 0.2) is 0 Å². The molecule has 5 rings (SSSR count). The molecule has 33 heavy (non-hydrogen) atoms. The molecule has 172 valence electrons. The van der Waals surface area contributed by atoms with E-state index >= 15 is 0 Å². The molecule has 0 radical (unpaired) electrons. The Morgan fingerprint density at radius 2 is 1.82 bits per heavy atom. The van der Waals surface area contributed by atoms with Crippen LogP contribution in [0, 0.1) is 11.7 Å². The largest absolute Gasteiger partial charge is 0.495 e. The summed E-state index contributed by atoms with van der Waals surface area (Å²) in [5.41, 5.74) is 3.36. The summed E-state index contributed by atoms with van der Waals surface area (Å²) in [4.78, 5) is 0.128. The van der Waals surface area contributed by atoms with Crippen LogP contribution in [0.3, 0.4) is 0 Å². The lowest BCUT2D eigenvalue weighted by Gasteiger charge is -2.39. The van der Waals surface area contributed by atoms with Gasteiger partial charge in [0.25, 0.3) is 0 Å².